The van der Waals surface area contributed by atoms with Gasteiger partial charge in [-0.2, -0.15) is 0 Å². The highest BCUT2D eigenvalue weighted by Crippen LogP contribution is 2.41. The van der Waals surface area contributed by atoms with Crippen LogP contribution in [-0.4, -0.2) is 56.7 Å². The number of hydrogen-bond acceptors (Lipinski definition) is 10. The maximum Gasteiger partial charge on any atom is 0.270 e. The quantitative estimate of drug-likeness (QED) is 0.0807. The lowest BCUT2D eigenvalue weighted by Crippen LogP contribution is -2.28. The second kappa shape index (κ2) is 14.3. The Morgan fingerprint density at radius 1 is 0.491 bits per heavy atom. The Labute approximate surface area is 312 Å². The van der Waals surface area contributed by atoms with Gasteiger partial charge in [-0.1, -0.05) is 48.5 Å². The van der Waals surface area contributed by atoms with Crippen molar-refractivity contribution in [3.8, 4) is 22.5 Å². The van der Waals surface area contributed by atoms with Crippen LogP contribution in [0.1, 0.15) is 51.1 Å². The first-order valence-corrected chi connectivity index (χ1v) is 18.1. The van der Waals surface area contributed by atoms with Gasteiger partial charge in [0.2, 0.25) is 0 Å². The summed E-state index contributed by atoms with van der Waals surface area (Å²) in [6.45, 7) is 3.21. The number of pyridine rings is 2. The molecule has 6 aromatic rings. The first kappa shape index (κ1) is 35.4. The van der Waals surface area contributed by atoms with Gasteiger partial charge in [-0.15, -0.1) is 0 Å². The summed E-state index contributed by atoms with van der Waals surface area (Å²) in [5.74, 6) is -0.410. The van der Waals surface area contributed by atoms with E-state index in [4.69, 9.17) is 0 Å². The van der Waals surface area contributed by atoms with Gasteiger partial charge in [0, 0.05) is 70.4 Å². The molecule has 0 saturated heterocycles. The van der Waals surface area contributed by atoms with Gasteiger partial charge in [-0.05, 0) is 57.6 Å². The molecule has 2 aromatic heterocycles. The number of benzene rings is 4. The number of nitro groups is 2. The SMILES string of the molecule is O=C1c2ccccc2-c2c1c1ccc([N+](=O)[O-])cc1c(=O)n2CCCNCCCNCCCn1c2c(c3ccc([N+](=O)[O-])cc3c1=O)C(=O)c1ccccc1-2. The third kappa shape index (κ3) is 6.01. The number of rotatable bonds is 14. The van der Waals surface area contributed by atoms with E-state index in [0.717, 1.165) is 6.42 Å². The van der Waals surface area contributed by atoms with Gasteiger partial charge in [0.1, 0.15) is 0 Å². The molecule has 4 aromatic carbocycles. The van der Waals surface area contributed by atoms with E-state index in [1.807, 2.05) is 24.3 Å². The molecular weight excluding hydrogens is 704 g/mol. The molecule has 55 heavy (non-hydrogen) atoms. The Bertz CT molecular complexity index is 2560. The molecule has 0 amide bonds. The minimum absolute atomic E-state index is 0.144. The van der Waals surface area contributed by atoms with Crippen LogP contribution in [0.2, 0.25) is 0 Å². The largest absolute Gasteiger partial charge is 0.317 e. The van der Waals surface area contributed by atoms with Crippen LogP contribution in [0.5, 0.6) is 0 Å². The van der Waals surface area contributed by atoms with Crippen molar-refractivity contribution in [3.63, 3.8) is 0 Å². The number of aromatic nitrogens is 2. The predicted molar refractivity (Wildman–Crippen MR) is 207 cm³/mol. The van der Waals surface area contributed by atoms with E-state index in [1.54, 1.807) is 33.4 Å². The number of fused-ring (bicyclic) bond motifs is 10. The summed E-state index contributed by atoms with van der Waals surface area (Å²) in [6.07, 6.45) is 1.96. The third-order valence-corrected chi connectivity index (χ3v) is 10.4. The molecule has 276 valence electrons. The van der Waals surface area contributed by atoms with Crippen LogP contribution < -0.4 is 21.8 Å². The minimum Gasteiger partial charge on any atom is -0.317 e. The number of ketones is 2. The Morgan fingerprint density at radius 2 is 0.873 bits per heavy atom. The summed E-state index contributed by atoms with van der Waals surface area (Å²) in [5, 5.41) is 30.9. The minimum atomic E-state index is -0.553. The molecule has 0 radical (unpaired) electrons. The standard InChI is InChI=1S/C41H34N6O8/c48-38-30-10-3-1-8-28(30)36-34(38)26-14-12-24(46(52)53)22-32(26)40(50)44(36)20-6-18-42-16-5-17-43-19-7-21-45-37-29-9-2-4-11-31(29)39(49)35(37)27-15-13-25(47(54)55)23-33(27)41(45)51/h1-4,8-15,22-23,42-43H,5-7,16-21H2. The van der Waals surface area contributed by atoms with Crippen LogP contribution in [-0.2, 0) is 13.1 Å². The summed E-state index contributed by atoms with van der Waals surface area (Å²) in [7, 11) is 0. The van der Waals surface area contributed by atoms with E-state index in [2.05, 4.69) is 10.6 Å². The van der Waals surface area contributed by atoms with E-state index in [1.165, 1.54) is 36.4 Å². The van der Waals surface area contributed by atoms with Gasteiger partial charge in [0.15, 0.2) is 11.6 Å². The molecule has 0 spiro atoms. The number of nitrogens with zero attached hydrogens (tertiary/aromatic N) is 4. The zero-order chi connectivity index (χ0) is 38.4. The molecule has 2 heterocycles. The average Bonchev–Trinajstić information content (AvgIpc) is 3.66. The monoisotopic (exact) mass is 738 g/mol. The van der Waals surface area contributed by atoms with Crippen LogP contribution in [0, 0.1) is 20.2 Å². The van der Waals surface area contributed by atoms with Crippen molar-refractivity contribution in [1.29, 1.82) is 0 Å². The zero-order valence-corrected chi connectivity index (χ0v) is 29.5. The van der Waals surface area contributed by atoms with Gasteiger partial charge < -0.3 is 19.8 Å². The van der Waals surface area contributed by atoms with Crippen LogP contribution >= 0.6 is 0 Å². The van der Waals surface area contributed by atoms with Gasteiger partial charge >= 0.3 is 0 Å². The lowest BCUT2D eigenvalue weighted by molar-refractivity contribution is -0.384. The van der Waals surface area contributed by atoms with Crippen molar-refractivity contribution < 1.29 is 19.4 Å². The van der Waals surface area contributed by atoms with E-state index in [-0.39, 0.29) is 44.8 Å². The molecular formula is C41H34N6O8. The summed E-state index contributed by atoms with van der Waals surface area (Å²) in [4.78, 5) is 76.3. The van der Waals surface area contributed by atoms with E-state index < -0.39 is 9.85 Å². The lowest BCUT2D eigenvalue weighted by Gasteiger charge is -2.15. The second-order valence-corrected chi connectivity index (χ2v) is 13.6. The van der Waals surface area contributed by atoms with Crippen molar-refractivity contribution in [1.82, 2.24) is 19.8 Å². The van der Waals surface area contributed by atoms with Crippen LogP contribution in [0.4, 0.5) is 11.4 Å². The average molecular weight is 739 g/mol. The molecule has 0 fully saturated rings. The van der Waals surface area contributed by atoms with E-state index in [0.29, 0.717) is 108 Å². The Hall–Kier alpha value is -6.64. The van der Waals surface area contributed by atoms with Crippen molar-refractivity contribution in [2.24, 2.45) is 0 Å². The molecule has 14 heteroatoms. The number of non-ortho nitro benzene ring substituents is 2. The number of nitrogens with one attached hydrogen (secondary N) is 2. The number of nitro benzene ring substituents is 2. The normalized spacial score (nSPS) is 12.6. The van der Waals surface area contributed by atoms with Crippen molar-refractivity contribution in [2.45, 2.75) is 32.4 Å². The van der Waals surface area contributed by atoms with Crippen LogP contribution in [0.3, 0.4) is 0 Å². The van der Waals surface area contributed by atoms with E-state index >= 15 is 0 Å². The van der Waals surface area contributed by atoms with Gasteiger partial charge in [0.05, 0.1) is 43.1 Å². The highest BCUT2D eigenvalue weighted by Gasteiger charge is 2.34. The molecule has 0 bridgehead atoms. The summed E-state index contributed by atoms with van der Waals surface area (Å²) >= 11 is 0. The van der Waals surface area contributed by atoms with Crippen molar-refractivity contribution in [2.75, 3.05) is 26.2 Å². The Balaban J connectivity index is 0.878. The number of carbonyl (C=O) groups is 2. The number of hydrogen-bond donors (Lipinski definition) is 2. The van der Waals surface area contributed by atoms with Crippen molar-refractivity contribution in [3.05, 3.63) is 148 Å². The summed E-state index contributed by atoms with van der Waals surface area (Å²) in [6, 6.07) is 22.4. The molecule has 2 N–H and O–H groups in total. The highest BCUT2D eigenvalue weighted by molar-refractivity contribution is 6.27. The fourth-order valence-corrected chi connectivity index (χ4v) is 7.90. The smallest absolute Gasteiger partial charge is 0.270 e. The lowest BCUT2D eigenvalue weighted by atomic mass is 10.0. The molecule has 2 aliphatic rings. The van der Waals surface area contributed by atoms with Gasteiger partial charge in [-0.25, -0.2) is 0 Å². The third-order valence-electron chi connectivity index (χ3n) is 10.4. The molecule has 0 saturated carbocycles. The summed E-state index contributed by atoms with van der Waals surface area (Å²) < 4.78 is 3.14. The fraction of sp³-hybridized carbons (Fsp3) is 0.220. The first-order chi connectivity index (χ1) is 26.7. The van der Waals surface area contributed by atoms with E-state index in [9.17, 15) is 39.4 Å². The van der Waals surface area contributed by atoms with Gasteiger partial charge in [-0.3, -0.25) is 39.4 Å². The summed E-state index contributed by atoms with van der Waals surface area (Å²) in [5.41, 5.74) is 3.05. The Kier molecular flexibility index (Phi) is 9.20. The molecule has 14 nitrogen and oxygen atoms in total. The second-order valence-electron chi connectivity index (χ2n) is 13.6. The van der Waals surface area contributed by atoms with Crippen LogP contribution in [0.15, 0.2) is 94.5 Å². The first-order valence-electron chi connectivity index (χ1n) is 18.1. The molecule has 0 unspecified atom stereocenters. The van der Waals surface area contributed by atoms with Crippen molar-refractivity contribution >= 4 is 44.5 Å². The molecule has 0 aliphatic heterocycles. The maximum absolute atomic E-state index is 13.7. The molecule has 8 rings (SSSR count). The number of carbonyl (C=O) groups excluding carboxylic acids is 2. The predicted octanol–water partition coefficient (Wildman–Crippen LogP) is 5.61. The van der Waals surface area contributed by atoms with Gasteiger partial charge in [0.25, 0.3) is 22.5 Å². The molecule has 2 aliphatic carbocycles. The maximum atomic E-state index is 13.7. The topological polar surface area (TPSA) is 188 Å². The highest BCUT2D eigenvalue weighted by atomic mass is 16.6. The van der Waals surface area contributed by atoms with Crippen LogP contribution in [0.25, 0.3) is 44.1 Å². The molecule has 0 atom stereocenters. The zero-order valence-electron chi connectivity index (χ0n) is 29.5. The Morgan fingerprint density at radius 3 is 1.27 bits per heavy atom. The fourth-order valence-electron chi connectivity index (χ4n) is 7.90.